The summed E-state index contributed by atoms with van der Waals surface area (Å²) in [6.45, 7) is 4.63. The van der Waals surface area contributed by atoms with Crippen molar-refractivity contribution in [3.8, 4) is 0 Å². The summed E-state index contributed by atoms with van der Waals surface area (Å²) in [5.74, 6) is 0. The molecule has 1 aromatic carbocycles. The van der Waals surface area contributed by atoms with Crippen molar-refractivity contribution in [2.75, 3.05) is 0 Å². The Bertz CT molecular complexity index is 400. The highest BCUT2D eigenvalue weighted by Crippen LogP contribution is 2.04. The summed E-state index contributed by atoms with van der Waals surface area (Å²) in [5, 5.41) is 1.42. The Labute approximate surface area is 105 Å². The van der Waals surface area contributed by atoms with E-state index in [1.165, 1.54) is 5.19 Å². The number of carbonyl (C=O) groups is 1. The molecule has 2 heteroatoms. The van der Waals surface area contributed by atoms with Gasteiger partial charge >= 0.3 is 0 Å². The highest BCUT2D eigenvalue weighted by atomic mass is 28.3. The van der Waals surface area contributed by atoms with Gasteiger partial charge in [0.05, 0.1) is 0 Å². The molecule has 0 spiro atoms. The third kappa shape index (κ3) is 4.99. The lowest BCUT2D eigenvalue weighted by molar-refractivity contribution is -0.107. The molecule has 90 valence electrons. The standard InChI is InChI=1S/C15H20OSi/c1-17(2,15-11-7-6-8-12-15)14-10-5-3-4-9-13-16/h5-8,11-14H,3-4,9H2,1-2H3. The lowest BCUT2D eigenvalue weighted by atomic mass is 10.2. The minimum atomic E-state index is -1.48. The Balaban J connectivity index is 2.60. The van der Waals surface area contributed by atoms with E-state index in [9.17, 15) is 4.79 Å². The number of hydrogen-bond acceptors (Lipinski definition) is 1. The zero-order chi connectivity index (χ0) is 12.6. The lowest BCUT2D eigenvalue weighted by Gasteiger charge is -2.16. The van der Waals surface area contributed by atoms with Crippen LogP contribution in [-0.2, 0) is 4.79 Å². The Hall–Kier alpha value is -1.37. The molecule has 0 aliphatic heterocycles. The van der Waals surface area contributed by atoms with Gasteiger partial charge in [0.15, 0.2) is 0 Å². The van der Waals surface area contributed by atoms with Crippen LogP contribution in [0.15, 0.2) is 47.8 Å². The van der Waals surface area contributed by atoms with E-state index in [1.807, 2.05) is 12.1 Å². The van der Waals surface area contributed by atoms with Gasteiger partial charge in [0, 0.05) is 6.42 Å². The normalized spacial score (nSPS) is 10.5. The average Bonchev–Trinajstić information content (AvgIpc) is 2.35. The van der Waals surface area contributed by atoms with E-state index in [4.69, 9.17) is 0 Å². The number of carbonyl (C=O) groups excluding carboxylic acids is 1. The zero-order valence-electron chi connectivity index (χ0n) is 10.6. The van der Waals surface area contributed by atoms with Crippen LogP contribution in [-0.4, -0.2) is 14.4 Å². The molecule has 0 saturated carbocycles. The van der Waals surface area contributed by atoms with E-state index in [0.717, 1.165) is 19.1 Å². The van der Waals surface area contributed by atoms with Crippen molar-refractivity contribution in [3.05, 3.63) is 47.8 Å². The first-order chi connectivity index (χ1) is 8.17. The Morgan fingerprint density at radius 1 is 1.18 bits per heavy atom. The fraction of sp³-hybridized carbons (Fsp3) is 0.333. The van der Waals surface area contributed by atoms with Crippen LogP contribution < -0.4 is 5.19 Å². The Kier molecular flexibility index (Phi) is 5.68. The molecular weight excluding hydrogens is 224 g/mol. The molecule has 0 aromatic heterocycles. The SMILES string of the molecule is C[Si](C)(C=C=CCCCC=O)c1ccccc1. The van der Waals surface area contributed by atoms with Gasteiger partial charge in [-0.1, -0.05) is 48.6 Å². The summed E-state index contributed by atoms with van der Waals surface area (Å²) in [6.07, 6.45) is 5.53. The van der Waals surface area contributed by atoms with Crippen LogP contribution in [0, 0.1) is 0 Å². The fourth-order valence-corrected chi connectivity index (χ4v) is 3.36. The van der Waals surface area contributed by atoms with Crippen LogP contribution in [0.4, 0.5) is 0 Å². The summed E-state index contributed by atoms with van der Waals surface area (Å²) in [4.78, 5) is 10.1. The van der Waals surface area contributed by atoms with Gasteiger partial charge in [-0.05, 0) is 24.6 Å². The second-order valence-corrected chi connectivity index (χ2v) is 9.01. The van der Waals surface area contributed by atoms with Crippen molar-refractivity contribution < 1.29 is 4.79 Å². The van der Waals surface area contributed by atoms with E-state index in [2.05, 4.69) is 48.8 Å². The summed E-state index contributed by atoms with van der Waals surface area (Å²) in [6, 6.07) is 10.6. The average molecular weight is 244 g/mol. The molecule has 1 nitrogen and oxygen atoms in total. The number of aldehydes is 1. The maximum atomic E-state index is 10.1. The Morgan fingerprint density at radius 3 is 2.53 bits per heavy atom. The maximum Gasteiger partial charge on any atom is 0.120 e. The number of allylic oxidation sites excluding steroid dienone is 1. The molecule has 0 heterocycles. The smallest absolute Gasteiger partial charge is 0.120 e. The third-order valence-electron chi connectivity index (χ3n) is 2.75. The topological polar surface area (TPSA) is 17.1 Å². The van der Waals surface area contributed by atoms with Gasteiger partial charge in [0.25, 0.3) is 0 Å². The minimum Gasteiger partial charge on any atom is -0.303 e. The first-order valence-corrected chi connectivity index (χ1v) is 9.16. The maximum absolute atomic E-state index is 10.1. The van der Waals surface area contributed by atoms with Crippen LogP contribution in [0.5, 0.6) is 0 Å². The molecule has 0 unspecified atom stereocenters. The quantitative estimate of drug-likeness (QED) is 0.325. The van der Waals surface area contributed by atoms with E-state index in [0.29, 0.717) is 6.42 Å². The van der Waals surface area contributed by atoms with Crippen LogP contribution in [0.3, 0.4) is 0 Å². The van der Waals surface area contributed by atoms with Crippen molar-refractivity contribution in [3.63, 3.8) is 0 Å². The Morgan fingerprint density at radius 2 is 1.88 bits per heavy atom. The monoisotopic (exact) mass is 244 g/mol. The molecule has 0 aliphatic carbocycles. The highest BCUT2D eigenvalue weighted by Gasteiger charge is 2.18. The van der Waals surface area contributed by atoms with Gasteiger partial charge in [-0.25, -0.2) is 0 Å². The predicted molar refractivity (Wildman–Crippen MR) is 76.1 cm³/mol. The molecule has 0 aliphatic rings. The van der Waals surface area contributed by atoms with Gasteiger partial charge < -0.3 is 4.79 Å². The zero-order valence-corrected chi connectivity index (χ0v) is 11.6. The fourth-order valence-electron chi connectivity index (χ4n) is 1.60. The third-order valence-corrected chi connectivity index (χ3v) is 5.46. The van der Waals surface area contributed by atoms with Crippen molar-refractivity contribution in [2.24, 2.45) is 0 Å². The molecular formula is C15H20OSi. The molecule has 0 fully saturated rings. The summed E-state index contributed by atoms with van der Waals surface area (Å²) in [7, 11) is -1.48. The lowest BCUT2D eigenvalue weighted by Crippen LogP contribution is -2.39. The largest absolute Gasteiger partial charge is 0.303 e. The van der Waals surface area contributed by atoms with Crippen LogP contribution in [0.1, 0.15) is 19.3 Å². The molecule has 1 aromatic rings. The first kappa shape index (κ1) is 13.7. The van der Waals surface area contributed by atoms with E-state index in [-0.39, 0.29) is 0 Å². The minimum absolute atomic E-state index is 0.650. The molecule has 0 bridgehead atoms. The van der Waals surface area contributed by atoms with E-state index in [1.54, 1.807) is 0 Å². The van der Waals surface area contributed by atoms with Crippen molar-refractivity contribution in [1.29, 1.82) is 0 Å². The van der Waals surface area contributed by atoms with Gasteiger partial charge in [-0.2, -0.15) is 0 Å². The number of benzene rings is 1. The summed E-state index contributed by atoms with van der Waals surface area (Å²) >= 11 is 0. The molecule has 0 N–H and O–H groups in total. The van der Waals surface area contributed by atoms with Gasteiger partial charge in [-0.15, -0.1) is 5.73 Å². The van der Waals surface area contributed by atoms with Crippen molar-refractivity contribution in [2.45, 2.75) is 32.4 Å². The summed E-state index contributed by atoms with van der Waals surface area (Å²) in [5.41, 5.74) is 5.50. The number of rotatable bonds is 6. The van der Waals surface area contributed by atoms with Crippen molar-refractivity contribution in [1.82, 2.24) is 0 Å². The van der Waals surface area contributed by atoms with E-state index < -0.39 is 8.07 Å². The van der Waals surface area contributed by atoms with Crippen molar-refractivity contribution >= 4 is 19.5 Å². The van der Waals surface area contributed by atoms with Crippen LogP contribution >= 0.6 is 0 Å². The van der Waals surface area contributed by atoms with Gasteiger partial charge in [0.1, 0.15) is 14.4 Å². The number of hydrogen-bond donors (Lipinski definition) is 0. The molecule has 17 heavy (non-hydrogen) atoms. The predicted octanol–water partition coefficient (Wildman–Crippen LogP) is 3.22. The van der Waals surface area contributed by atoms with Crippen LogP contribution in [0.25, 0.3) is 0 Å². The molecule has 0 radical (unpaired) electrons. The van der Waals surface area contributed by atoms with Gasteiger partial charge in [-0.3, -0.25) is 0 Å². The number of unbranched alkanes of at least 4 members (excludes halogenated alkanes) is 2. The molecule has 0 amide bonds. The summed E-state index contributed by atoms with van der Waals surface area (Å²) < 4.78 is 0. The molecule has 0 saturated heterocycles. The highest BCUT2D eigenvalue weighted by molar-refractivity contribution is 6.93. The second kappa shape index (κ2) is 7.05. The van der Waals surface area contributed by atoms with E-state index >= 15 is 0 Å². The van der Waals surface area contributed by atoms with Crippen LogP contribution in [0.2, 0.25) is 13.1 Å². The van der Waals surface area contributed by atoms with Gasteiger partial charge in [0.2, 0.25) is 0 Å². The second-order valence-electron chi connectivity index (χ2n) is 4.70. The molecule has 1 rings (SSSR count). The first-order valence-electron chi connectivity index (χ1n) is 6.08. The molecule has 0 atom stereocenters.